The first-order valence-electron chi connectivity index (χ1n) is 7.62. The van der Waals surface area contributed by atoms with Crippen LogP contribution >= 0.6 is 0 Å². The third-order valence-corrected chi connectivity index (χ3v) is 4.17. The van der Waals surface area contributed by atoms with Crippen molar-refractivity contribution in [1.29, 1.82) is 0 Å². The molecule has 0 bridgehead atoms. The topological polar surface area (TPSA) is 88.5 Å². The smallest absolute Gasteiger partial charge is 0.352 e. The zero-order valence-electron chi connectivity index (χ0n) is 13.1. The molecule has 124 valence electrons. The number of benzene rings is 2. The van der Waals surface area contributed by atoms with Gasteiger partial charge < -0.3 is 19.3 Å². The van der Waals surface area contributed by atoms with Gasteiger partial charge in [-0.2, -0.15) is 0 Å². The lowest BCUT2D eigenvalue weighted by Crippen LogP contribution is -2.09. The van der Waals surface area contributed by atoms with E-state index >= 15 is 0 Å². The largest absolute Gasteiger partial charge is 0.506 e. The average molecular weight is 334 g/mol. The van der Waals surface area contributed by atoms with Crippen LogP contribution in [-0.2, 0) is 6.54 Å². The number of nitrogens with zero attached hydrogens (tertiary/aromatic N) is 2. The highest BCUT2D eigenvalue weighted by molar-refractivity contribution is 6.08. The van der Waals surface area contributed by atoms with Crippen molar-refractivity contribution in [3.8, 4) is 0 Å². The number of hydrogen-bond donors (Lipinski definition) is 2. The summed E-state index contributed by atoms with van der Waals surface area (Å²) in [6, 6.07) is 14.9. The second-order valence-corrected chi connectivity index (χ2v) is 5.77. The number of carboxylic acid groups (broad SMARTS) is 1. The molecule has 0 atom stereocenters. The first-order valence-corrected chi connectivity index (χ1v) is 7.62. The number of carboxylic acids is 1. The molecule has 2 heterocycles. The summed E-state index contributed by atoms with van der Waals surface area (Å²) in [4.78, 5) is 11.7. The van der Waals surface area contributed by atoms with Gasteiger partial charge in [0, 0.05) is 16.8 Å². The Labute approximate surface area is 142 Å². The van der Waals surface area contributed by atoms with Gasteiger partial charge in [-0.15, -0.1) is 0 Å². The molecule has 2 N–H and O–H groups in total. The van der Waals surface area contributed by atoms with E-state index in [1.54, 1.807) is 16.7 Å². The van der Waals surface area contributed by atoms with Crippen LogP contribution in [0.4, 0.5) is 0 Å². The molecule has 0 aliphatic carbocycles. The maximum absolute atomic E-state index is 11.7. The fourth-order valence-corrected chi connectivity index (χ4v) is 3.06. The highest BCUT2D eigenvalue weighted by Crippen LogP contribution is 2.29. The standard InChI is InChI=1S/C19H14N2O4/c1-11(22)16-9-14(25-20-16)10-21-17(19(23)24)8-13-7-6-12-4-2-3-5-15(12)18(13)21/h2-9,22H,1,10H2,(H,23,24). The Hall–Kier alpha value is -3.54. The number of aliphatic hydroxyl groups excluding tert-OH is 1. The molecule has 25 heavy (non-hydrogen) atoms. The third-order valence-electron chi connectivity index (χ3n) is 4.17. The van der Waals surface area contributed by atoms with Crippen LogP contribution in [0.2, 0.25) is 0 Å². The van der Waals surface area contributed by atoms with Gasteiger partial charge in [0.25, 0.3) is 0 Å². The van der Waals surface area contributed by atoms with E-state index in [-0.39, 0.29) is 23.7 Å². The molecule has 6 heteroatoms. The Balaban J connectivity index is 1.95. The summed E-state index contributed by atoms with van der Waals surface area (Å²) in [5, 5.41) is 25.5. The van der Waals surface area contributed by atoms with Crippen LogP contribution in [-0.4, -0.2) is 25.9 Å². The van der Waals surface area contributed by atoms with Crippen LogP contribution in [0.1, 0.15) is 21.9 Å². The minimum atomic E-state index is -1.02. The van der Waals surface area contributed by atoms with Gasteiger partial charge in [-0.05, 0) is 11.5 Å². The van der Waals surface area contributed by atoms with Gasteiger partial charge in [0.2, 0.25) is 0 Å². The van der Waals surface area contributed by atoms with Crippen molar-refractivity contribution in [2.24, 2.45) is 0 Å². The second kappa shape index (κ2) is 5.52. The number of rotatable bonds is 4. The summed E-state index contributed by atoms with van der Waals surface area (Å²) >= 11 is 0. The summed E-state index contributed by atoms with van der Waals surface area (Å²) in [5.41, 5.74) is 1.21. The predicted molar refractivity (Wildman–Crippen MR) is 93.7 cm³/mol. The predicted octanol–water partition coefficient (Wildman–Crippen LogP) is 4.06. The normalized spacial score (nSPS) is 11.2. The zero-order valence-corrected chi connectivity index (χ0v) is 13.1. The van der Waals surface area contributed by atoms with E-state index < -0.39 is 5.97 Å². The third kappa shape index (κ3) is 2.44. The molecule has 2 aromatic heterocycles. The molecule has 6 nitrogen and oxygen atoms in total. The molecule has 0 amide bonds. The summed E-state index contributed by atoms with van der Waals surface area (Å²) < 4.78 is 6.90. The van der Waals surface area contributed by atoms with Crippen molar-refractivity contribution in [1.82, 2.24) is 9.72 Å². The minimum Gasteiger partial charge on any atom is -0.506 e. The van der Waals surface area contributed by atoms with Crippen LogP contribution in [0.3, 0.4) is 0 Å². The number of fused-ring (bicyclic) bond motifs is 3. The van der Waals surface area contributed by atoms with E-state index in [2.05, 4.69) is 11.7 Å². The minimum absolute atomic E-state index is 0.159. The van der Waals surface area contributed by atoms with Gasteiger partial charge in [0.1, 0.15) is 17.1 Å². The maximum Gasteiger partial charge on any atom is 0.352 e. The summed E-state index contributed by atoms with van der Waals surface area (Å²) in [6.07, 6.45) is 0. The van der Waals surface area contributed by atoms with Crippen LogP contribution in [0, 0.1) is 0 Å². The van der Waals surface area contributed by atoms with Crippen LogP contribution < -0.4 is 0 Å². The molecule has 2 aromatic carbocycles. The molecule has 0 fully saturated rings. The SMILES string of the molecule is C=C(O)c1cc(Cn2c(C(=O)O)cc3ccc4ccccc4c32)on1. The quantitative estimate of drug-likeness (QED) is 0.550. The maximum atomic E-state index is 11.7. The molecular formula is C19H14N2O4. The number of aromatic carboxylic acids is 1. The van der Waals surface area contributed by atoms with Gasteiger partial charge in [-0.3, -0.25) is 0 Å². The van der Waals surface area contributed by atoms with Crippen molar-refractivity contribution in [2.45, 2.75) is 6.54 Å². The van der Waals surface area contributed by atoms with E-state index in [0.717, 1.165) is 21.7 Å². The lowest BCUT2D eigenvalue weighted by molar-refractivity contribution is 0.0686. The van der Waals surface area contributed by atoms with Crippen molar-refractivity contribution in [3.63, 3.8) is 0 Å². The fraction of sp³-hybridized carbons (Fsp3) is 0.0526. The molecule has 0 radical (unpaired) electrons. The highest BCUT2D eigenvalue weighted by atomic mass is 16.5. The Morgan fingerprint density at radius 3 is 2.60 bits per heavy atom. The van der Waals surface area contributed by atoms with Crippen LogP contribution in [0.5, 0.6) is 0 Å². The van der Waals surface area contributed by atoms with E-state index in [4.69, 9.17) is 4.52 Å². The molecule has 0 saturated carbocycles. The number of aromatic nitrogens is 2. The van der Waals surface area contributed by atoms with Gasteiger partial charge in [-0.1, -0.05) is 48.1 Å². The van der Waals surface area contributed by atoms with E-state index in [0.29, 0.717) is 5.76 Å². The van der Waals surface area contributed by atoms with Gasteiger partial charge in [0.15, 0.2) is 5.76 Å². The van der Waals surface area contributed by atoms with Crippen LogP contribution in [0.15, 0.2) is 59.6 Å². The highest BCUT2D eigenvalue weighted by Gasteiger charge is 2.18. The van der Waals surface area contributed by atoms with Crippen molar-refractivity contribution in [3.05, 3.63) is 72.3 Å². The van der Waals surface area contributed by atoms with Gasteiger partial charge >= 0.3 is 5.97 Å². The van der Waals surface area contributed by atoms with Crippen LogP contribution in [0.25, 0.3) is 27.4 Å². The summed E-state index contributed by atoms with van der Waals surface area (Å²) in [6.45, 7) is 3.58. The summed E-state index contributed by atoms with van der Waals surface area (Å²) in [5.74, 6) is -0.791. The zero-order chi connectivity index (χ0) is 17.6. The van der Waals surface area contributed by atoms with E-state index in [1.165, 1.54) is 0 Å². The lowest BCUT2D eigenvalue weighted by atomic mass is 10.1. The van der Waals surface area contributed by atoms with E-state index in [9.17, 15) is 15.0 Å². The first-order chi connectivity index (χ1) is 12.0. The van der Waals surface area contributed by atoms with E-state index in [1.807, 2.05) is 36.4 Å². The molecule has 0 unspecified atom stereocenters. The number of carbonyl (C=O) groups is 1. The second-order valence-electron chi connectivity index (χ2n) is 5.77. The molecule has 4 aromatic rings. The monoisotopic (exact) mass is 334 g/mol. The molecular weight excluding hydrogens is 320 g/mol. The summed E-state index contributed by atoms with van der Waals surface area (Å²) in [7, 11) is 0. The number of hydrogen-bond acceptors (Lipinski definition) is 4. The average Bonchev–Trinajstić information content (AvgIpc) is 3.20. The van der Waals surface area contributed by atoms with Crippen molar-refractivity contribution < 1.29 is 19.5 Å². The fourth-order valence-electron chi connectivity index (χ4n) is 3.06. The Morgan fingerprint density at radius 2 is 1.88 bits per heavy atom. The molecule has 0 spiro atoms. The van der Waals surface area contributed by atoms with Gasteiger partial charge in [-0.25, -0.2) is 4.79 Å². The molecule has 0 aliphatic rings. The van der Waals surface area contributed by atoms with Crippen molar-refractivity contribution in [2.75, 3.05) is 0 Å². The molecule has 0 aliphatic heterocycles. The Kier molecular flexibility index (Phi) is 3.32. The molecule has 0 saturated heterocycles. The molecule has 4 rings (SSSR count). The Morgan fingerprint density at radius 1 is 1.12 bits per heavy atom. The lowest BCUT2D eigenvalue weighted by Gasteiger charge is -2.08. The van der Waals surface area contributed by atoms with Gasteiger partial charge in [0.05, 0.1) is 12.1 Å². The Bertz CT molecular complexity index is 1140. The number of aliphatic hydroxyl groups is 1. The first kappa shape index (κ1) is 15.0. The van der Waals surface area contributed by atoms with Crippen molar-refractivity contribution >= 4 is 33.4 Å².